The average molecular weight is 315 g/mol. The van der Waals surface area contributed by atoms with Crippen molar-refractivity contribution in [3.63, 3.8) is 0 Å². The second kappa shape index (κ2) is 7.19. The predicted octanol–water partition coefficient (Wildman–Crippen LogP) is 0.895. The van der Waals surface area contributed by atoms with Crippen LogP contribution in [0.5, 0.6) is 0 Å². The molecule has 1 unspecified atom stereocenters. The number of hydrogen-bond acceptors (Lipinski definition) is 4. The van der Waals surface area contributed by atoms with Gasteiger partial charge < -0.3 is 10.4 Å². The zero-order valence-electron chi connectivity index (χ0n) is 13.5. The molecule has 6 nitrogen and oxygen atoms in total. The fourth-order valence-electron chi connectivity index (χ4n) is 2.50. The van der Waals surface area contributed by atoms with E-state index in [4.69, 9.17) is 5.11 Å². The summed E-state index contributed by atoms with van der Waals surface area (Å²) in [6, 6.07) is 7.06. The van der Waals surface area contributed by atoms with E-state index in [-0.39, 0.29) is 5.56 Å². The first-order valence-electron chi connectivity index (χ1n) is 7.42. The van der Waals surface area contributed by atoms with Crippen molar-refractivity contribution < 1.29 is 9.90 Å². The van der Waals surface area contributed by atoms with Gasteiger partial charge in [-0.3, -0.25) is 9.59 Å². The first-order valence-corrected chi connectivity index (χ1v) is 7.42. The van der Waals surface area contributed by atoms with E-state index in [1.807, 2.05) is 31.2 Å². The number of aryl methyl sites for hydroxylation is 2. The first kappa shape index (κ1) is 16.9. The third-order valence-electron chi connectivity index (χ3n) is 3.91. The smallest absolute Gasteiger partial charge is 0.321 e. The Morgan fingerprint density at radius 2 is 2.09 bits per heavy atom. The van der Waals surface area contributed by atoms with Crippen molar-refractivity contribution in [3.8, 4) is 0 Å². The van der Waals surface area contributed by atoms with Crippen LogP contribution in [-0.4, -0.2) is 33.9 Å². The highest BCUT2D eigenvalue weighted by Gasteiger charge is 2.15. The number of benzene rings is 1. The zero-order chi connectivity index (χ0) is 17.0. The summed E-state index contributed by atoms with van der Waals surface area (Å²) in [7, 11) is 3.26. The summed E-state index contributed by atoms with van der Waals surface area (Å²) in [5.41, 5.74) is 3.37. The molecule has 0 bridgehead atoms. The number of rotatable bonds is 6. The minimum absolute atomic E-state index is 0.103. The number of aromatic nitrogens is 2. The van der Waals surface area contributed by atoms with Crippen molar-refractivity contribution in [2.75, 3.05) is 7.05 Å². The molecule has 0 spiro atoms. The van der Waals surface area contributed by atoms with Crippen molar-refractivity contribution >= 4 is 5.97 Å². The second-order valence-electron chi connectivity index (χ2n) is 5.62. The predicted molar refractivity (Wildman–Crippen MR) is 87.7 cm³/mol. The van der Waals surface area contributed by atoms with Gasteiger partial charge in [-0.25, -0.2) is 4.68 Å². The minimum atomic E-state index is -0.878. The lowest BCUT2D eigenvalue weighted by Gasteiger charge is -2.12. The monoisotopic (exact) mass is 315 g/mol. The molecule has 23 heavy (non-hydrogen) atoms. The molecule has 0 saturated carbocycles. The lowest BCUT2D eigenvalue weighted by Crippen LogP contribution is -2.35. The van der Waals surface area contributed by atoms with Crippen molar-refractivity contribution in [3.05, 3.63) is 63.1 Å². The lowest BCUT2D eigenvalue weighted by molar-refractivity contribution is -0.139. The van der Waals surface area contributed by atoms with E-state index in [0.29, 0.717) is 18.4 Å². The SMILES string of the molecule is CNC(Cc1cccc(Cc2c(C)cnn(C)c2=O)c1)C(=O)O. The van der Waals surface area contributed by atoms with Crippen LogP contribution in [0.15, 0.2) is 35.3 Å². The fraction of sp³-hybridized carbons (Fsp3) is 0.353. The van der Waals surface area contributed by atoms with Crippen LogP contribution in [0.1, 0.15) is 22.3 Å². The van der Waals surface area contributed by atoms with Gasteiger partial charge in [0.15, 0.2) is 0 Å². The summed E-state index contributed by atoms with van der Waals surface area (Å²) in [4.78, 5) is 23.3. The van der Waals surface area contributed by atoms with Crippen molar-refractivity contribution in [2.45, 2.75) is 25.8 Å². The largest absolute Gasteiger partial charge is 0.480 e. The van der Waals surface area contributed by atoms with Gasteiger partial charge in [-0.05, 0) is 37.1 Å². The highest BCUT2D eigenvalue weighted by atomic mass is 16.4. The summed E-state index contributed by atoms with van der Waals surface area (Å²) in [6.07, 6.45) is 2.58. The molecule has 0 aliphatic carbocycles. The Kier molecular flexibility index (Phi) is 5.28. The number of likely N-dealkylation sites (N-methyl/N-ethyl adjacent to an activating group) is 1. The highest BCUT2D eigenvalue weighted by molar-refractivity contribution is 5.73. The molecule has 0 amide bonds. The Morgan fingerprint density at radius 1 is 1.39 bits per heavy atom. The molecule has 2 rings (SSSR count). The van der Waals surface area contributed by atoms with Gasteiger partial charge in [0.25, 0.3) is 5.56 Å². The van der Waals surface area contributed by atoms with Crippen LogP contribution in [-0.2, 0) is 24.7 Å². The minimum Gasteiger partial charge on any atom is -0.480 e. The van der Waals surface area contributed by atoms with Crippen molar-refractivity contribution in [1.82, 2.24) is 15.1 Å². The Bertz CT molecular complexity index is 768. The van der Waals surface area contributed by atoms with Gasteiger partial charge in [-0.2, -0.15) is 5.10 Å². The Labute approximate surface area is 134 Å². The summed E-state index contributed by atoms with van der Waals surface area (Å²) in [5.74, 6) is -0.878. The maximum Gasteiger partial charge on any atom is 0.321 e. The van der Waals surface area contributed by atoms with Gasteiger partial charge in [0.2, 0.25) is 0 Å². The zero-order valence-corrected chi connectivity index (χ0v) is 13.5. The van der Waals surface area contributed by atoms with Crippen LogP contribution in [0.3, 0.4) is 0 Å². The van der Waals surface area contributed by atoms with E-state index in [1.165, 1.54) is 4.68 Å². The fourth-order valence-corrected chi connectivity index (χ4v) is 2.50. The number of carboxylic acids is 1. The molecule has 1 atom stereocenters. The molecule has 6 heteroatoms. The van der Waals surface area contributed by atoms with E-state index in [9.17, 15) is 9.59 Å². The summed E-state index contributed by atoms with van der Waals surface area (Å²) < 4.78 is 1.33. The van der Waals surface area contributed by atoms with Gasteiger partial charge in [0.05, 0.1) is 6.20 Å². The molecule has 0 fully saturated rings. The van der Waals surface area contributed by atoms with Gasteiger partial charge in [-0.15, -0.1) is 0 Å². The number of hydrogen-bond donors (Lipinski definition) is 2. The maximum atomic E-state index is 12.2. The molecule has 0 saturated heterocycles. The molecular weight excluding hydrogens is 294 g/mol. The summed E-state index contributed by atoms with van der Waals surface area (Å²) in [6.45, 7) is 1.87. The van der Waals surface area contributed by atoms with Crippen LogP contribution in [0.4, 0.5) is 0 Å². The average Bonchev–Trinajstić information content (AvgIpc) is 2.53. The third-order valence-corrected chi connectivity index (χ3v) is 3.91. The Morgan fingerprint density at radius 3 is 2.74 bits per heavy atom. The van der Waals surface area contributed by atoms with Crippen LogP contribution in [0, 0.1) is 6.92 Å². The van der Waals surface area contributed by atoms with Crippen LogP contribution >= 0.6 is 0 Å². The normalized spacial score (nSPS) is 12.1. The molecule has 0 radical (unpaired) electrons. The molecule has 0 aliphatic heterocycles. The van der Waals surface area contributed by atoms with Gasteiger partial charge >= 0.3 is 5.97 Å². The Hall–Kier alpha value is -2.47. The van der Waals surface area contributed by atoms with E-state index in [2.05, 4.69) is 10.4 Å². The van der Waals surface area contributed by atoms with Crippen molar-refractivity contribution in [2.24, 2.45) is 7.05 Å². The molecule has 122 valence electrons. The van der Waals surface area contributed by atoms with E-state index in [1.54, 1.807) is 20.3 Å². The third kappa shape index (κ3) is 4.04. The van der Waals surface area contributed by atoms with Gasteiger partial charge in [-0.1, -0.05) is 24.3 Å². The summed E-state index contributed by atoms with van der Waals surface area (Å²) in [5, 5.41) is 15.9. The number of carbonyl (C=O) groups is 1. The molecule has 0 aliphatic rings. The topological polar surface area (TPSA) is 84.2 Å². The van der Waals surface area contributed by atoms with E-state index < -0.39 is 12.0 Å². The van der Waals surface area contributed by atoms with Crippen LogP contribution in [0.25, 0.3) is 0 Å². The quantitative estimate of drug-likeness (QED) is 0.827. The maximum absolute atomic E-state index is 12.2. The van der Waals surface area contributed by atoms with Gasteiger partial charge in [0, 0.05) is 19.0 Å². The van der Waals surface area contributed by atoms with E-state index in [0.717, 1.165) is 16.7 Å². The number of nitrogens with zero attached hydrogens (tertiary/aromatic N) is 2. The molecule has 1 aromatic heterocycles. The van der Waals surface area contributed by atoms with Gasteiger partial charge in [0.1, 0.15) is 6.04 Å². The van der Waals surface area contributed by atoms with Crippen molar-refractivity contribution in [1.29, 1.82) is 0 Å². The number of aliphatic carboxylic acids is 1. The summed E-state index contributed by atoms with van der Waals surface area (Å²) >= 11 is 0. The lowest BCUT2D eigenvalue weighted by atomic mass is 9.98. The number of carboxylic acid groups (broad SMARTS) is 1. The molecule has 2 N–H and O–H groups in total. The standard InChI is InChI=1S/C17H21N3O3/c1-11-10-19-20(3)16(21)14(11)8-12-5-4-6-13(7-12)9-15(18-2)17(22)23/h4-7,10,15,18H,8-9H2,1-3H3,(H,22,23). The molecule has 1 heterocycles. The molecule has 1 aromatic carbocycles. The second-order valence-corrected chi connectivity index (χ2v) is 5.62. The molecular formula is C17H21N3O3. The van der Waals surface area contributed by atoms with E-state index >= 15 is 0 Å². The van der Waals surface area contributed by atoms with Crippen LogP contribution in [0.2, 0.25) is 0 Å². The Balaban J connectivity index is 2.26. The first-order chi connectivity index (χ1) is 10.9. The van der Waals surface area contributed by atoms with Crippen LogP contribution < -0.4 is 10.9 Å². The number of nitrogens with one attached hydrogen (secondary N) is 1. The molecule has 2 aromatic rings. The highest BCUT2D eigenvalue weighted by Crippen LogP contribution is 2.13.